The summed E-state index contributed by atoms with van der Waals surface area (Å²) in [5, 5.41) is 3.20. The van der Waals surface area contributed by atoms with E-state index in [1.165, 1.54) is 24.3 Å². The van der Waals surface area contributed by atoms with Crippen LogP contribution in [0.4, 0.5) is 0 Å². The fraction of sp³-hybridized carbons (Fsp3) is 0.917. The van der Waals surface area contributed by atoms with Gasteiger partial charge in [-0.25, -0.2) is 0 Å². The third-order valence-corrected chi connectivity index (χ3v) is 4.72. The highest BCUT2D eigenvalue weighted by molar-refractivity contribution is 7.99. The summed E-state index contributed by atoms with van der Waals surface area (Å²) < 4.78 is 0. The van der Waals surface area contributed by atoms with E-state index in [0.717, 1.165) is 25.9 Å². The second kappa shape index (κ2) is 5.92. The first-order chi connectivity index (χ1) is 7.83. The standard InChI is InChI=1S/C12H22N2OS/c1-13-9-11-3-2-6-14(11)12(15)10-4-7-16-8-5-10/h10-11,13H,2-9H2,1H3. The minimum Gasteiger partial charge on any atom is -0.338 e. The van der Waals surface area contributed by atoms with Crippen LogP contribution in [0.1, 0.15) is 25.7 Å². The van der Waals surface area contributed by atoms with Crippen molar-refractivity contribution in [2.75, 3.05) is 31.6 Å². The summed E-state index contributed by atoms with van der Waals surface area (Å²) in [6.45, 7) is 1.93. The molecule has 2 aliphatic rings. The SMILES string of the molecule is CNCC1CCCN1C(=O)C1CCSCC1. The Bertz CT molecular complexity index is 241. The highest BCUT2D eigenvalue weighted by Crippen LogP contribution is 2.27. The minimum absolute atomic E-state index is 0.318. The Labute approximate surface area is 102 Å². The number of thioether (sulfide) groups is 1. The van der Waals surface area contributed by atoms with Crippen molar-refractivity contribution in [3.63, 3.8) is 0 Å². The van der Waals surface area contributed by atoms with Crippen molar-refractivity contribution in [3.05, 3.63) is 0 Å². The van der Waals surface area contributed by atoms with Crippen LogP contribution in [0.25, 0.3) is 0 Å². The van der Waals surface area contributed by atoms with Crippen molar-refractivity contribution in [3.8, 4) is 0 Å². The Hall–Kier alpha value is -0.220. The van der Waals surface area contributed by atoms with E-state index in [9.17, 15) is 4.79 Å². The van der Waals surface area contributed by atoms with Crippen LogP contribution in [0.3, 0.4) is 0 Å². The van der Waals surface area contributed by atoms with Gasteiger partial charge in [-0.3, -0.25) is 4.79 Å². The molecule has 1 atom stereocenters. The second-order valence-corrected chi connectivity index (χ2v) is 6.00. The van der Waals surface area contributed by atoms with Crippen LogP contribution in [0.15, 0.2) is 0 Å². The maximum Gasteiger partial charge on any atom is 0.226 e. The van der Waals surface area contributed by atoms with E-state index < -0.39 is 0 Å². The molecule has 2 saturated heterocycles. The van der Waals surface area contributed by atoms with Crippen molar-refractivity contribution >= 4 is 17.7 Å². The van der Waals surface area contributed by atoms with Gasteiger partial charge in [-0.15, -0.1) is 0 Å². The molecule has 2 fully saturated rings. The number of likely N-dealkylation sites (tertiary alicyclic amines) is 1. The smallest absolute Gasteiger partial charge is 0.226 e. The second-order valence-electron chi connectivity index (χ2n) is 4.77. The highest BCUT2D eigenvalue weighted by Gasteiger charge is 2.33. The normalized spacial score (nSPS) is 27.3. The molecule has 0 aromatic heterocycles. The Balaban J connectivity index is 1.91. The van der Waals surface area contributed by atoms with E-state index in [-0.39, 0.29) is 0 Å². The third kappa shape index (κ3) is 2.72. The summed E-state index contributed by atoms with van der Waals surface area (Å²) in [6, 6.07) is 0.451. The molecule has 0 spiro atoms. The Morgan fingerprint density at radius 3 is 2.81 bits per heavy atom. The van der Waals surface area contributed by atoms with E-state index in [2.05, 4.69) is 10.2 Å². The molecule has 1 amide bonds. The quantitative estimate of drug-likeness (QED) is 0.810. The summed E-state index contributed by atoms with van der Waals surface area (Å²) in [5.74, 6) is 3.08. The van der Waals surface area contributed by atoms with Crippen molar-refractivity contribution in [1.29, 1.82) is 0 Å². The molecule has 1 unspecified atom stereocenters. The van der Waals surface area contributed by atoms with Gasteiger partial charge < -0.3 is 10.2 Å². The lowest BCUT2D eigenvalue weighted by Crippen LogP contribution is -2.44. The highest BCUT2D eigenvalue weighted by atomic mass is 32.2. The number of hydrogen-bond acceptors (Lipinski definition) is 3. The number of likely N-dealkylation sites (N-methyl/N-ethyl adjacent to an activating group) is 1. The van der Waals surface area contributed by atoms with Crippen LogP contribution in [-0.4, -0.2) is 48.5 Å². The number of rotatable bonds is 3. The van der Waals surface area contributed by atoms with Gasteiger partial charge in [0.15, 0.2) is 0 Å². The van der Waals surface area contributed by atoms with Gasteiger partial charge in [-0.05, 0) is 44.2 Å². The summed E-state index contributed by atoms with van der Waals surface area (Å²) in [7, 11) is 1.97. The molecule has 2 heterocycles. The predicted molar refractivity (Wildman–Crippen MR) is 68.7 cm³/mol. The summed E-state index contributed by atoms with van der Waals surface area (Å²) in [4.78, 5) is 14.5. The van der Waals surface area contributed by atoms with Gasteiger partial charge in [0.05, 0.1) is 0 Å². The number of carbonyl (C=O) groups excluding carboxylic acids is 1. The molecule has 0 saturated carbocycles. The van der Waals surface area contributed by atoms with Crippen LogP contribution in [0.2, 0.25) is 0 Å². The molecule has 92 valence electrons. The van der Waals surface area contributed by atoms with Crippen molar-refractivity contribution in [2.45, 2.75) is 31.7 Å². The molecule has 4 heteroatoms. The maximum atomic E-state index is 12.4. The zero-order valence-electron chi connectivity index (χ0n) is 10.1. The van der Waals surface area contributed by atoms with Crippen LogP contribution < -0.4 is 5.32 Å². The lowest BCUT2D eigenvalue weighted by molar-refractivity contribution is -0.136. The van der Waals surface area contributed by atoms with E-state index in [4.69, 9.17) is 0 Å². The van der Waals surface area contributed by atoms with E-state index in [0.29, 0.717) is 17.9 Å². The Kier molecular flexibility index (Phi) is 4.53. The first-order valence-corrected chi connectivity index (χ1v) is 7.51. The number of nitrogens with zero attached hydrogens (tertiary/aromatic N) is 1. The minimum atomic E-state index is 0.318. The van der Waals surface area contributed by atoms with Gasteiger partial charge in [0.1, 0.15) is 0 Å². The van der Waals surface area contributed by atoms with Crippen molar-refractivity contribution in [1.82, 2.24) is 10.2 Å². The summed E-state index contributed by atoms with van der Waals surface area (Å²) in [5.41, 5.74) is 0. The zero-order valence-corrected chi connectivity index (χ0v) is 10.9. The fourth-order valence-electron chi connectivity index (χ4n) is 2.75. The van der Waals surface area contributed by atoms with Gasteiger partial charge in [0, 0.05) is 25.0 Å². The van der Waals surface area contributed by atoms with Crippen LogP contribution in [0, 0.1) is 5.92 Å². The van der Waals surface area contributed by atoms with Crippen LogP contribution in [-0.2, 0) is 4.79 Å². The first-order valence-electron chi connectivity index (χ1n) is 6.35. The summed E-state index contributed by atoms with van der Waals surface area (Å²) >= 11 is 1.99. The molecule has 16 heavy (non-hydrogen) atoms. The van der Waals surface area contributed by atoms with Crippen molar-refractivity contribution in [2.24, 2.45) is 5.92 Å². The maximum absolute atomic E-state index is 12.4. The molecule has 2 aliphatic heterocycles. The number of hydrogen-bond donors (Lipinski definition) is 1. The third-order valence-electron chi connectivity index (χ3n) is 3.67. The molecular formula is C12H22N2OS. The first kappa shape index (κ1) is 12.2. The molecule has 0 aromatic carbocycles. The predicted octanol–water partition coefficient (Wildman–Crippen LogP) is 1.34. The van der Waals surface area contributed by atoms with Crippen LogP contribution in [0.5, 0.6) is 0 Å². The molecular weight excluding hydrogens is 220 g/mol. The monoisotopic (exact) mass is 242 g/mol. The number of carbonyl (C=O) groups is 1. The van der Waals surface area contributed by atoms with Gasteiger partial charge in [0.25, 0.3) is 0 Å². The Morgan fingerprint density at radius 1 is 1.38 bits per heavy atom. The molecule has 1 N–H and O–H groups in total. The van der Waals surface area contributed by atoms with E-state index in [1.54, 1.807) is 0 Å². The average molecular weight is 242 g/mol. The largest absolute Gasteiger partial charge is 0.338 e. The molecule has 3 nitrogen and oxygen atoms in total. The zero-order chi connectivity index (χ0) is 11.4. The average Bonchev–Trinajstić information content (AvgIpc) is 2.78. The summed E-state index contributed by atoms with van der Waals surface area (Å²) in [6.07, 6.45) is 4.53. The molecule has 0 aliphatic carbocycles. The lowest BCUT2D eigenvalue weighted by atomic mass is 10.0. The molecule has 0 bridgehead atoms. The fourth-order valence-corrected chi connectivity index (χ4v) is 3.86. The molecule has 0 radical (unpaired) electrons. The van der Waals surface area contributed by atoms with E-state index in [1.807, 2.05) is 18.8 Å². The topological polar surface area (TPSA) is 32.3 Å². The van der Waals surface area contributed by atoms with Crippen molar-refractivity contribution < 1.29 is 4.79 Å². The molecule has 2 rings (SSSR count). The van der Waals surface area contributed by atoms with Crippen LogP contribution >= 0.6 is 11.8 Å². The van der Waals surface area contributed by atoms with E-state index >= 15 is 0 Å². The Morgan fingerprint density at radius 2 is 2.12 bits per heavy atom. The van der Waals surface area contributed by atoms with Gasteiger partial charge >= 0.3 is 0 Å². The number of nitrogens with one attached hydrogen (secondary N) is 1. The van der Waals surface area contributed by atoms with Gasteiger partial charge in [0.2, 0.25) is 5.91 Å². The van der Waals surface area contributed by atoms with Gasteiger partial charge in [-0.2, -0.15) is 11.8 Å². The number of amides is 1. The molecule has 0 aromatic rings. The van der Waals surface area contributed by atoms with Gasteiger partial charge in [-0.1, -0.05) is 0 Å². The lowest BCUT2D eigenvalue weighted by Gasteiger charge is -2.30.